The molecule has 1 heterocycles. The molecule has 0 radical (unpaired) electrons. The molecule has 0 aromatic heterocycles. The van der Waals surface area contributed by atoms with Crippen LogP contribution in [0.4, 0.5) is 0 Å². The van der Waals surface area contributed by atoms with Gasteiger partial charge in [-0.3, -0.25) is 14.4 Å². The fourth-order valence-corrected chi connectivity index (χ4v) is 2.22. The van der Waals surface area contributed by atoms with Crippen LogP contribution in [0.2, 0.25) is 0 Å². The second kappa shape index (κ2) is 7.43. The zero-order valence-corrected chi connectivity index (χ0v) is 13.5. The molecule has 6 heteroatoms. The molecule has 0 aliphatic carbocycles. The van der Waals surface area contributed by atoms with E-state index in [9.17, 15) is 14.4 Å². The number of nitrogens with zero attached hydrogens (tertiary/aromatic N) is 2. The molecular formula is C15H27N3O3. The zero-order valence-electron chi connectivity index (χ0n) is 13.5. The van der Waals surface area contributed by atoms with Crippen LogP contribution in [0.25, 0.3) is 0 Å². The summed E-state index contributed by atoms with van der Waals surface area (Å²) < 4.78 is 0. The molecule has 0 aromatic rings. The molecule has 3 amide bonds. The van der Waals surface area contributed by atoms with Crippen LogP contribution < -0.4 is 5.32 Å². The van der Waals surface area contributed by atoms with Crippen LogP contribution in [-0.4, -0.2) is 60.7 Å². The number of nitrogens with one attached hydrogen (secondary N) is 1. The van der Waals surface area contributed by atoms with Crippen LogP contribution in [0.3, 0.4) is 0 Å². The van der Waals surface area contributed by atoms with Gasteiger partial charge >= 0.3 is 0 Å². The smallest absolute Gasteiger partial charge is 0.237 e. The van der Waals surface area contributed by atoms with E-state index in [1.807, 2.05) is 0 Å². The first-order valence-corrected chi connectivity index (χ1v) is 7.56. The summed E-state index contributed by atoms with van der Waals surface area (Å²) in [4.78, 5) is 38.7. The lowest BCUT2D eigenvalue weighted by atomic mass is 9.89. The summed E-state index contributed by atoms with van der Waals surface area (Å²) in [5, 5.41) is 2.84. The monoisotopic (exact) mass is 297 g/mol. The number of carbonyl (C=O) groups is 3. The second-order valence-corrected chi connectivity index (χ2v) is 6.50. The van der Waals surface area contributed by atoms with Crippen LogP contribution in [0.1, 0.15) is 34.1 Å². The van der Waals surface area contributed by atoms with Crippen molar-refractivity contribution in [2.45, 2.75) is 34.1 Å². The van der Waals surface area contributed by atoms with Gasteiger partial charge in [0.1, 0.15) is 5.41 Å². The maximum Gasteiger partial charge on any atom is 0.237 e. The van der Waals surface area contributed by atoms with Gasteiger partial charge in [0, 0.05) is 32.7 Å². The highest BCUT2D eigenvalue weighted by molar-refractivity contribution is 6.04. The van der Waals surface area contributed by atoms with E-state index in [0.717, 1.165) is 12.8 Å². The van der Waals surface area contributed by atoms with Crippen molar-refractivity contribution in [2.24, 2.45) is 11.3 Å². The van der Waals surface area contributed by atoms with E-state index in [1.165, 1.54) is 0 Å². The predicted molar refractivity (Wildman–Crippen MR) is 80.5 cm³/mol. The van der Waals surface area contributed by atoms with Crippen LogP contribution in [0.15, 0.2) is 0 Å². The molecular weight excluding hydrogens is 270 g/mol. The summed E-state index contributed by atoms with van der Waals surface area (Å²) in [6.45, 7) is 10.1. The molecule has 1 saturated heterocycles. The lowest BCUT2D eigenvalue weighted by Crippen LogP contribution is -2.55. The number of hydrogen-bond acceptors (Lipinski definition) is 3. The fourth-order valence-electron chi connectivity index (χ4n) is 2.22. The second-order valence-electron chi connectivity index (χ2n) is 6.50. The molecule has 1 aliphatic heterocycles. The van der Waals surface area contributed by atoms with Gasteiger partial charge in [-0.2, -0.15) is 0 Å². The molecule has 0 bridgehead atoms. The summed E-state index contributed by atoms with van der Waals surface area (Å²) in [5.41, 5.74) is -1.07. The third-order valence-corrected chi connectivity index (χ3v) is 3.86. The van der Waals surface area contributed by atoms with E-state index in [4.69, 9.17) is 0 Å². The van der Waals surface area contributed by atoms with E-state index >= 15 is 0 Å². The van der Waals surface area contributed by atoms with Gasteiger partial charge in [0.15, 0.2) is 0 Å². The highest BCUT2D eigenvalue weighted by atomic mass is 16.2. The fraction of sp³-hybridized carbons (Fsp3) is 0.800. The van der Waals surface area contributed by atoms with Crippen molar-refractivity contribution in [3.63, 3.8) is 0 Å². The van der Waals surface area contributed by atoms with Crippen molar-refractivity contribution in [3.8, 4) is 0 Å². The topological polar surface area (TPSA) is 69.7 Å². The van der Waals surface area contributed by atoms with E-state index in [2.05, 4.69) is 19.2 Å². The first kappa shape index (κ1) is 17.5. The minimum Gasteiger partial charge on any atom is -0.355 e. The molecule has 6 nitrogen and oxygen atoms in total. The van der Waals surface area contributed by atoms with Gasteiger partial charge in [-0.1, -0.05) is 13.8 Å². The standard InChI is InChI=1S/C15H27N3O3/c1-12(2)5-6-16-13(20)15(3,4)14(21)18-9-7-17(11-19)8-10-18/h11-12H,5-10H2,1-4H3,(H,16,20). The Hall–Kier alpha value is -1.59. The summed E-state index contributed by atoms with van der Waals surface area (Å²) in [6.07, 6.45) is 1.69. The number of carbonyl (C=O) groups excluding carboxylic acids is 3. The summed E-state index contributed by atoms with van der Waals surface area (Å²) >= 11 is 0. The molecule has 21 heavy (non-hydrogen) atoms. The maximum absolute atomic E-state index is 12.5. The summed E-state index contributed by atoms with van der Waals surface area (Å²) in [6, 6.07) is 0. The summed E-state index contributed by atoms with van der Waals surface area (Å²) in [5.74, 6) is 0.113. The third kappa shape index (κ3) is 4.72. The Morgan fingerprint density at radius 2 is 1.76 bits per heavy atom. The van der Waals surface area contributed by atoms with Crippen LogP contribution in [0, 0.1) is 11.3 Å². The van der Waals surface area contributed by atoms with Gasteiger partial charge in [0.2, 0.25) is 18.2 Å². The van der Waals surface area contributed by atoms with E-state index < -0.39 is 5.41 Å². The molecule has 1 fully saturated rings. The van der Waals surface area contributed by atoms with Crippen molar-refractivity contribution in [3.05, 3.63) is 0 Å². The number of piperazine rings is 1. The quantitative estimate of drug-likeness (QED) is 0.572. The van der Waals surface area contributed by atoms with Crippen molar-refractivity contribution in [2.75, 3.05) is 32.7 Å². The highest BCUT2D eigenvalue weighted by Crippen LogP contribution is 2.20. The van der Waals surface area contributed by atoms with Gasteiger partial charge < -0.3 is 15.1 Å². The molecule has 0 spiro atoms. The molecule has 0 aromatic carbocycles. The van der Waals surface area contributed by atoms with Gasteiger partial charge in [-0.15, -0.1) is 0 Å². The minimum atomic E-state index is -1.07. The minimum absolute atomic E-state index is 0.171. The molecule has 1 rings (SSSR count). The third-order valence-electron chi connectivity index (χ3n) is 3.86. The SMILES string of the molecule is CC(C)CCNC(=O)C(C)(C)C(=O)N1CCN(C=O)CC1. The number of hydrogen-bond donors (Lipinski definition) is 1. The number of rotatable bonds is 6. The van der Waals surface area contributed by atoms with Crippen molar-refractivity contribution in [1.82, 2.24) is 15.1 Å². The van der Waals surface area contributed by atoms with Crippen LogP contribution in [-0.2, 0) is 14.4 Å². The number of amides is 3. The lowest BCUT2D eigenvalue weighted by molar-refractivity contribution is -0.150. The first-order valence-electron chi connectivity index (χ1n) is 7.56. The van der Waals surface area contributed by atoms with Gasteiger partial charge in [-0.05, 0) is 26.2 Å². The molecule has 0 atom stereocenters. The molecule has 1 aliphatic rings. The zero-order chi connectivity index (χ0) is 16.0. The summed E-state index contributed by atoms with van der Waals surface area (Å²) in [7, 11) is 0. The Balaban J connectivity index is 2.54. The largest absolute Gasteiger partial charge is 0.355 e. The predicted octanol–water partition coefficient (Wildman–Crippen LogP) is 0.476. The highest BCUT2D eigenvalue weighted by Gasteiger charge is 2.39. The van der Waals surface area contributed by atoms with Crippen molar-refractivity contribution >= 4 is 18.2 Å². The van der Waals surface area contributed by atoms with Crippen molar-refractivity contribution in [1.29, 1.82) is 0 Å². The van der Waals surface area contributed by atoms with Gasteiger partial charge in [0.05, 0.1) is 0 Å². The normalized spacial score (nSPS) is 16.0. The lowest BCUT2D eigenvalue weighted by Gasteiger charge is -2.36. The van der Waals surface area contributed by atoms with Gasteiger partial charge in [0.25, 0.3) is 0 Å². The van der Waals surface area contributed by atoms with Crippen LogP contribution in [0.5, 0.6) is 0 Å². The first-order chi connectivity index (χ1) is 9.78. The Bertz CT molecular complexity index is 386. The Kier molecular flexibility index (Phi) is 6.18. The van der Waals surface area contributed by atoms with E-state index in [0.29, 0.717) is 38.6 Å². The Labute approximate surface area is 126 Å². The molecule has 1 N–H and O–H groups in total. The molecule has 0 unspecified atom stereocenters. The van der Waals surface area contributed by atoms with E-state index in [-0.39, 0.29) is 11.8 Å². The molecule has 120 valence electrons. The van der Waals surface area contributed by atoms with Crippen molar-refractivity contribution < 1.29 is 14.4 Å². The van der Waals surface area contributed by atoms with Crippen LogP contribution >= 0.6 is 0 Å². The molecule has 0 saturated carbocycles. The maximum atomic E-state index is 12.5. The Morgan fingerprint density at radius 1 is 1.19 bits per heavy atom. The average Bonchev–Trinajstić information content (AvgIpc) is 2.46. The average molecular weight is 297 g/mol. The Morgan fingerprint density at radius 3 is 2.24 bits per heavy atom. The van der Waals surface area contributed by atoms with Gasteiger partial charge in [-0.25, -0.2) is 0 Å². The van der Waals surface area contributed by atoms with E-state index in [1.54, 1.807) is 23.6 Å².